The third kappa shape index (κ3) is 4.48. The molecule has 0 aromatic carbocycles. The molecule has 3 nitrogen and oxygen atoms in total. The summed E-state index contributed by atoms with van der Waals surface area (Å²) in [7, 11) is 0. The van der Waals surface area contributed by atoms with Crippen molar-refractivity contribution >= 4 is 5.97 Å². The summed E-state index contributed by atoms with van der Waals surface area (Å²) >= 11 is 0. The minimum absolute atomic E-state index is 0. The summed E-state index contributed by atoms with van der Waals surface area (Å²) < 4.78 is 5.25. The van der Waals surface area contributed by atoms with Gasteiger partial charge in [0.2, 0.25) is 0 Å². The Morgan fingerprint density at radius 2 is 2.08 bits per heavy atom. The third-order valence-corrected chi connectivity index (χ3v) is 1.88. The van der Waals surface area contributed by atoms with Crippen LogP contribution in [0.5, 0.6) is 0 Å². The Bertz CT molecular complexity index is 171. The van der Waals surface area contributed by atoms with E-state index >= 15 is 0 Å². The summed E-state index contributed by atoms with van der Waals surface area (Å²) in [6.07, 6.45) is 2.10. The van der Waals surface area contributed by atoms with Crippen LogP contribution in [-0.4, -0.2) is 24.2 Å². The lowest BCUT2D eigenvalue weighted by atomic mass is 10.2. The first-order chi connectivity index (χ1) is 5.49. The van der Waals surface area contributed by atoms with Gasteiger partial charge in [0.15, 0.2) is 6.04 Å². The number of esters is 1. The molecule has 1 aliphatic rings. The Kier molecular flexibility index (Phi) is 4.71. The lowest BCUT2D eigenvalue weighted by molar-refractivity contribution is -0.659. The van der Waals surface area contributed by atoms with E-state index in [0.29, 0.717) is 0 Å². The largest absolute Gasteiger partial charge is 1.00 e. The molecule has 1 aliphatic heterocycles. The fourth-order valence-electron chi connectivity index (χ4n) is 1.37. The molecule has 0 bridgehead atoms. The lowest BCUT2D eigenvalue weighted by Crippen LogP contribution is -3.00. The van der Waals surface area contributed by atoms with Crippen molar-refractivity contribution in [3.05, 3.63) is 0 Å². The molecule has 1 heterocycles. The van der Waals surface area contributed by atoms with Gasteiger partial charge in [0.25, 0.3) is 0 Å². The van der Waals surface area contributed by atoms with Crippen LogP contribution in [0.2, 0.25) is 0 Å². The number of rotatable bonds is 1. The second-order valence-corrected chi connectivity index (χ2v) is 4.31. The highest BCUT2D eigenvalue weighted by Crippen LogP contribution is 2.10. The van der Waals surface area contributed by atoms with E-state index in [9.17, 15) is 4.79 Å². The molecule has 78 valence electrons. The average Bonchev–Trinajstić information content (AvgIpc) is 2.32. The Balaban J connectivity index is 0.00000144. The molecule has 1 saturated heterocycles. The van der Waals surface area contributed by atoms with Crippen molar-refractivity contribution < 1.29 is 27.3 Å². The SMILES string of the molecule is CC(C)(C)OC(=O)[C@@H]1CCC[NH2+]1.[Cl-]. The topological polar surface area (TPSA) is 42.9 Å². The van der Waals surface area contributed by atoms with E-state index in [0.717, 1.165) is 19.4 Å². The van der Waals surface area contributed by atoms with Gasteiger partial charge in [0, 0.05) is 12.8 Å². The first kappa shape index (κ1) is 12.7. The minimum Gasteiger partial charge on any atom is -1.00 e. The number of hydrogen-bond donors (Lipinski definition) is 1. The van der Waals surface area contributed by atoms with Gasteiger partial charge in [-0.1, -0.05) is 0 Å². The molecule has 0 aromatic rings. The Hall–Kier alpha value is -0.280. The van der Waals surface area contributed by atoms with Gasteiger partial charge in [-0.3, -0.25) is 0 Å². The number of nitrogens with two attached hydrogens (primary N) is 1. The van der Waals surface area contributed by atoms with Crippen LogP contribution in [0.4, 0.5) is 0 Å². The molecule has 0 aromatic heterocycles. The zero-order chi connectivity index (χ0) is 9.19. The summed E-state index contributed by atoms with van der Waals surface area (Å²) in [5, 5.41) is 2.06. The predicted molar refractivity (Wildman–Crippen MR) is 45.7 cm³/mol. The monoisotopic (exact) mass is 207 g/mol. The molecule has 1 rings (SSSR count). The van der Waals surface area contributed by atoms with E-state index in [1.54, 1.807) is 0 Å². The summed E-state index contributed by atoms with van der Waals surface area (Å²) in [5.74, 6) is -0.0556. The fraction of sp³-hybridized carbons (Fsp3) is 0.889. The van der Waals surface area contributed by atoms with Crippen LogP contribution in [0.3, 0.4) is 0 Å². The second-order valence-electron chi connectivity index (χ2n) is 4.31. The summed E-state index contributed by atoms with van der Waals surface area (Å²) in [4.78, 5) is 11.4. The molecule has 0 amide bonds. The zero-order valence-electron chi connectivity index (χ0n) is 8.47. The van der Waals surface area contributed by atoms with Crippen LogP contribution in [0, 0.1) is 0 Å². The van der Waals surface area contributed by atoms with E-state index in [1.165, 1.54) is 0 Å². The molecule has 0 spiro atoms. The van der Waals surface area contributed by atoms with Crippen molar-refractivity contribution in [2.45, 2.75) is 45.3 Å². The van der Waals surface area contributed by atoms with Crippen LogP contribution in [0.1, 0.15) is 33.6 Å². The second kappa shape index (κ2) is 4.82. The van der Waals surface area contributed by atoms with E-state index in [2.05, 4.69) is 5.32 Å². The van der Waals surface area contributed by atoms with Gasteiger partial charge in [0.05, 0.1) is 6.54 Å². The van der Waals surface area contributed by atoms with Gasteiger partial charge in [-0.2, -0.15) is 0 Å². The molecule has 0 radical (unpaired) electrons. The van der Waals surface area contributed by atoms with E-state index in [1.807, 2.05) is 20.8 Å². The Morgan fingerprint density at radius 3 is 2.46 bits per heavy atom. The summed E-state index contributed by atoms with van der Waals surface area (Å²) in [6, 6.07) is 0.0595. The van der Waals surface area contributed by atoms with Crippen LogP contribution in [-0.2, 0) is 9.53 Å². The first-order valence-corrected chi connectivity index (χ1v) is 4.55. The van der Waals surface area contributed by atoms with Gasteiger partial charge in [-0.25, -0.2) is 4.79 Å². The van der Waals surface area contributed by atoms with Crippen LogP contribution in [0.25, 0.3) is 0 Å². The number of halogens is 1. The average molecular weight is 208 g/mol. The normalized spacial score (nSPS) is 22.2. The predicted octanol–water partition coefficient (Wildman–Crippen LogP) is -2.94. The number of quaternary nitrogens is 1. The van der Waals surface area contributed by atoms with Gasteiger partial charge < -0.3 is 22.5 Å². The molecular weight excluding hydrogens is 190 g/mol. The van der Waals surface area contributed by atoms with Gasteiger partial charge >= 0.3 is 5.97 Å². The molecular formula is C9H18ClNO2. The molecule has 2 N–H and O–H groups in total. The molecule has 0 unspecified atom stereocenters. The molecule has 0 saturated carbocycles. The highest BCUT2D eigenvalue weighted by Gasteiger charge is 2.30. The number of hydrogen-bond acceptors (Lipinski definition) is 2. The third-order valence-electron chi connectivity index (χ3n) is 1.88. The maximum atomic E-state index is 11.4. The molecule has 13 heavy (non-hydrogen) atoms. The van der Waals surface area contributed by atoms with Gasteiger partial charge in [-0.15, -0.1) is 0 Å². The number of ether oxygens (including phenoxy) is 1. The highest BCUT2D eigenvalue weighted by molar-refractivity contribution is 5.74. The van der Waals surface area contributed by atoms with Crippen LogP contribution >= 0.6 is 0 Å². The van der Waals surface area contributed by atoms with Crippen molar-refractivity contribution in [2.75, 3.05) is 6.54 Å². The van der Waals surface area contributed by atoms with Gasteiger partial charge in [-0.05, 0) is 20.8 Å². The molecule has 1 atom stereocenters. The molecule has 0 aliphatic carbocycles. The first-order valence-electron chi connectivity index (χ1n) is 4.55. The zero-order valence-corrected chi connectivity index (χ0v) is 9.23. The van der Waals surface area contributed by atoms with Crippen molar-refractivity contribution in [3.8, 4) is 0 Å². The maximum Gasteiger partial charge on any atom is 0.365 e. The van der Waals surface area contributed by atoms with Crippen molar-refractivity contribution in [1.29, 1.82) is 0 Å². The molecule has 1 fully saturated rings. The van der Waals surface area contributed by atoms with E-state index in [-0.39, 0.29) is 30.0 Å². The Labute approximate surface area is 85.6 Å². The van der Waals surface area contributed by atoms with Crippen molar-refractivity contribution in [1.82, 2.24) is 0 Å². The standard InChI is InChI=1S/C9H17NO2.ClH/c1-9(2,3)12-8(11)7-5-4-6-10-7;/h7,10H,4-6H2,1-3H3;1H/t7-;/m0./s1. The van der Waals surface area contributed by atoms with Crippen molar-refractivity contribution in [3.63, 3.8) is 0 Å². The van der Waals surface area contributed by atoms with Crippen molar-refractivity contribution in [2.24, 2.45) is 0 Å². The Morgan fingerprint density at radius 1 is 1.46 bits per heavy atom. The maximum absolute atomic E-state index is 11.4. The summed E-state index contributed by atoms with van der Waals surface area (Å²) in [6.45, 7) is 6.77. The number of carbonyl (C=O) groups is 1. The van der Waals surface area contributed by atoms with Crippen LogP contribution < -0.4 is 17.7 Å². The minimum atomic E-state index is -0.340. The quantitative estimate of drug-likeness (QED) is 0.468. The van der Waals surface area contributed by atoms with E-state index < -0.39 is 0 Å². The van der Waals surface area contributed by atoms with E-state index in [4.69, 9.17) is 4.74 Å². The summed E-state index contributed by atoms with van der Waals surface area (Å²) in [5.41, 5.74) is -0.340. The smallest absolute Gasteiger partial charge is 0.365 e. The van der Waals surface area contributed by atoms with Crippen LogP contribution in [0.15, 0.2) is 0 Å². The highest BCUT2D eigenvalue weighted by atomic mass is 35.5. The lowest BCUT2D eigenvalue weighted by Gasteiger charge is -2.20. The molecule has 4 heteroatoms. The van der Waals surface area contributed by atoms with Gasteiger partial charge in [0.1, 0.15) is 5.60 Å². The number of carbonyl (C=O) groups excluding carboxylic acids is 1. The fourth-order valence-corrected chi connectivity index (χ4v) is 1.37.